The second-order valence-corrected chi connectivity index (χ2v) is 15.8. The van der Waals surface area contributed by atoms with Crippen molar-refractivity contribution in [3.8, 4) is 0 Å². The first kappa shape index (κ1) is 58.3. The molecule has 11 unspecified atom stereocenters. The largest absolute Gasteiger partial charge is 0.462 e. The van der Waals surface area contributed by atoms with Gasteiger partial charge in [-0.05, 0) is 77.0 Å². The number of esters is 2. The summed E-state index contributed by atoms with van der Waals surface area (Å²) in [5, 5.41) is 71.9. The van der Waals surface area contributed by atoms with Crippen LogP contribution in [-0.2, 0) is 38.0 Å². The molecule has 2 rings (SSSR count). The van der Waals surface area contributed by atoms with Crippen molar-refractivity contribution in [1.82, 2.24) is 0 Å². The number of carbonyl (C=O) groups is 2. The van der Waals surface area contributed by atoms with Crippen molar-refractivity contribution in [1.29, 1.82) is 0 Å². The summed E-state index contributed by atoms with van der Waals surface area (Å²) in [4.78, 5) is 25.6. The van der Waals surface area contributed by atoms with Crippen LogP contribution in [0.15, 0.2) is 109 Å². The lowest BCUT2D eigenvalue weighted by molar-refractivity contribution is -0.332. The van der Waals surface area contributed by atoms with Gasteiger partial charge >= 0.3 is 11.9 Å². The monoisotopic (exact) mass is 931 g/mol. The molecule has 7 N–H and O–H groups in total. The van der Waals surface area contributed by atoms with Crippen molar-refractivity contribution in [2.24, 2.45) is 0 Å². The van der Waals surface area contributed by atoms with Crippen molar-refractivity contribution in [2.45, 2.75) is 171 Å². The lowest BCUT2D eigenvalue weighted by atomic mass is 9.98. The summed E-state index contributed by atoms with van der Waals surface area (Å²) in [7, 11) is 0. The van der Waals surface area contributed by atoms with Gasteiger partial charge in [0.25, 0.3) is 0 Å². The van der Waals surface area contributed by atoms with Gasteiger partial charge in [0, 0.05) is 12.8 Å². The normalized spacial score (nSPS) is 27.2. The van der Waals surface area contributed by atoms with E-state index in [1.54, 1.807) is 0 Å². The van der Waals surface area contributed by atoms with Crippen LogP contribution in [0.4, 0.5) is 0 Å². The summed E-state index contributed by atoms with van der Waals surface area (Å²) >= 11 is 0. The number of hydrogen-bond acceptors (Lipinski definition) is 15. The van der Waals surface area contributed by atoms with Gasteiger partial charge in [-0.15, -0.1) is 0 Å². The Morgan fingerprint density at radius 3 is 1.39 bits per heavy atom. The van der Waals surface area contributed by atoms with E-state index in [0.29, 0.717) is 19.3 Å². The molecule has 2 aliphatic rings. The molecule has 0 spiro atoms. The molecule has 372 valence electrons. The fourth-order valence-electron chi connectivity index (χ4n) is 6.44. The second-order valence-electron chi connectivity index (χ2n) is 15.8. The Bertz CT molecular complexity index is 1560. The van der Waals surface area contributed by atoms with Gasteiger partial charge in [-0.3, -0.25) is 9.59 Å². The maximum absolute atomic E-state index is 12.9. The Kier molecular flexibility index (Phi) is 32.8. The van der Waals surface area contributed by atoms with E-state index in [9.17, 15) is 45.3 Å². The van der Waals surface area contributed by atoms with E-state index < -0.39 is 99.3 Å². The highest BCUT2D eigenvalue weighted by molar-refractivity contribution is 5.70. The first-order valence-corrected chi connectivity index (χ1v) is 23.5. The van der Waals surface area contributed by atoms with Gasteiger partial charge in [0.2, 0.25) is 0 Å². The molecule has 2 aliphatic heterocycles. The van der Waals surface area contributed by atoms with Crippen LogP contribution in [0.5, 0.6) is 0 Å². The van der Waals surface area contributed by atoms with Crippen molar-refractivity contribution in [2.75, 3.05) is 26.4 Å². The number of aliphatic hydroxyl groups is 7. The Labute approximate surface area is 391 Å². The predicted octanol–water partition coefficient (Wildman–Crippen LogP) is 5.59. The quantitative estimate of drug-likeness (QED) is 0.0242. The van der Waals surface area contributed by atoms with Gasteiger partial charge < -0.3 is 64.2 Å². The second kappa shape index (κ2) is 37.2. The zero-order valence-corrected chi connectivity index (χ0v) is 38.9. The minimum atomic E-state index is -1.79. The van der Waals surface area contributed by atoms with Crippen LogP contribution in [0.3, 0.4) is 0 Å². The SMILES string of the molecule is CC/C=C\C/C=C\C/C=C\C/C=C\C/C=C\CCCC(=O)OC(COC(=O)CC/C=C\C/C=C\C/C=C\C/C=C\CC)COC1OC(COC2OC(CO)C(O)C(O)C2O)C(O)C(O)C1O. The molecule has 66 heavy (non-hydrogen) atoms. The molecule has 0 radical (unpaired) electrons. The molecule has 0 aliphatic carbocycles. The molecule has 2 saturated heterocycles. The van der Waals surface area contributed by atoms with E-state index in [0.717, 1.165) is 57.8 Å². The van der Waals surface area contributed by atoms with Gasteiger partial charge in [0.05, 0.1) is 19.8 Å². The number of unbranched alkanes of at least 4 members (excludes halogenated alkanes) is 1. The fourth-order valence-corrected chi connectivity index (χ4v) is 6.44. The third-order valence-corrected chi connectivity index (χ3v) is 10.3. The van der Waals surface area contributed by atoms with E-state index in [1.165, 1.54) is 0 Å². The highest BCUT2D eigenvalue weighted by Gasteiger charge is 2.47. The minimum absolute atomic E-state index is 0.0649. The summed E-state index contributed by atoms with van der Waals surface area (Å²) in [5.74, 6) is -1.10. The average molecular weight is 931 g/mol. The smallest absolute Gasteiger partial charge is 0.306 e. The molecule has 0 saturated carbocycles. The van der Waals surface area contributed by atoms with E-state index in [-0.39, 0.29) is 19.4 Å². The summed E-state index contributed by atoms with van der Waals surface area (Å²) in [6, 6.07) is 0. The molecule has 0 bridgehead atoms. The molecule has 0 aromatic carbocycles. The maximum atomic E-state index is 12.9. The lowest BCUT2D eigenvalue weighted by Gasteiger charge is -2.42. The van der Waals surface area contributed by atoms with Gasteiger partial charge in [0.15, 0.2) is 18.7 Å². The van der Waals surface area contributed by atoms with Crippen molar-refractivity contribution >= 4 is 11.9 Å². The number of hydrogen-bond donors (Lipinski definition) is 7. The number of rotatable bonds is 33. The molecule has 0 aromatic rings. The Balaban J connectivity index is 1.91. The minimum Gasteiger partial charge on any atom is -0.462 e. The van der Waals surface area contributed by atoms with Crippen LogP contribution < -0.4 is 0 Å². The maximum Gasteiger partial charge on any atom is 0.306 e. The first-order valence-electron chi connectivity index (χ1n) is 23.5. The average Bonchev–Trinajstić information content (AvgIpc) is 3.31. The Hall–Kier alpha value is -3.84. The van der Waals surface area contributed by atoms with Crippen LogP contribution >= 0.6 is 0 Å². The van der Waals surface area contributed by atoms with Crippen LogP contribution in [0, 0.1) is 0 Å². The predicted molar refractivity (Wildman–Crippen MR) is 251 cm³/mol. The van der Waals surface area contributed by atoms with Gasteiger partial charge in [-0.25, -0.2) is 0 Å². The Morgan fingerprint density at radius 2 is 0.909 bits per heavy atom. The molecule has 0 aromatic heterocycles. The van der Waals surface area contributed by atoms with E-state index in [1.807, 2.05) is 30.4 Å². The van der Waals surface area contributed by atoms with Gasteiger partial charge in [-0.2, -0.15) is 0 Å². The first-order chi connectivity index (χ1) is 32.0. The topological polar surface area (TPSA) is 231 Å². The van der Waals surface area contributed by atoms with E-state index in [4.69, 9.17) is 28.4 Å². The zero-order valence-electron chi connectivity index (χ0n) is 38.9. The summed E-state index contributed by atoms with van der Waals surface area (Å²) < 4.78 is 33.3. The molecular weight excluding hydrogens is 853 g/mol. The summed E-state index contributed by atoms with van der Waals surface area (Å²) in [6.07, 6.45) is 30.1. The summed E-state index contributed by atoms with van der Waals surface area (Å²) in [6.45, 7) is 2.17. The Morgan fingerprint density at radius 1 is 0.485 bits per heavy atom. The van der Waals surface area contributed by atoms with Crippen LogP contribution in [0.2, 0.25) is 0 Å². The molecule has 0 amide bonds. The van der Waals surface area contributed by atoms with Crippen molar-refractivity contribution in [3.05, 3.63) is 109 Å². The third-order valence-electron chi connectivity index (χ3n) is 10.3. The highest BCUT2D eigenvalue weighted by atomic mass is 16.7. The molecule has 2 heterocycles. The standard InChI is InChI=1S/C51H78O15/c1-3-5-7-9-11-13-15-17-18-19-20-22-24-26-28-30-32-34-43(54)64-39(36-61-42(53)33-31-29-27-25-23-21-16-14-12-10-8-6-4-2)37-62-50-49(60)47(58)45(56)41(66-50)38-63-51-48(59)46(57)44(55)40(35-52)65-51/h5-8,11-14,17-18,20-23,26-29,39-41,44-52,55-60H,3-4,9-10,15-16,19,24-25,30-38H2,1-2H3/b7-5-,8-6-,13-11-,14-12-,18-17-,22-20-,23-21-,28-26-,29-27-. The van der Waals surface area contributed by atoms with Gasteiger partial charge in [-0.1, -0.05) is 123 Å². The van der Waals surface area contributed by atoms with Crippen LogP contribution in [0.1, 0.15) is 104 Å². The van der Waals surface area contributed by atoms with Crippen molar-refractivity contribution < 1.29 is 73.8 Å². The lowest BCUT2D eigenvalue weighted by Crippen LogP contribution is -2.61. The molecular formula is C51H78O15. The van der Waals surface area contributed by atoms with E-state index >= 15 is 0 Å². The van der Waals surface area contributed by atoms with Gasteiger partial charge in [0.1, 0.15) is 55.4 Å². The summed E-state index contributed by atoms with van der Waals surface area (Å²) in [5.41, 5.74) is 0. The third kappa shape index (κ3) is 25.3. The molecule has 15 nitrogen and oxygen atoms in total. The number of allylic oxidation sites excluding steroid dienone is 18. The number of ether oxygens (including phenoxy) is 6. The zero-order chi connectivity index (χ0) is 48.2. The molecule has 11 atom stereocenters. The number of carbonyl (C=O) groups excluding carboxylic acids is 2. The molecule has 2 fully saturated rings. The van der Waals surface area contributed by atoms with Crippen LogP contribution in [0.25, 0.3) is 0 Å². The highest BCUT2D eigenvalue weighted by Crippen LogP contribution is 2.26. The van der Waals surface area contributed by atoms with Crippen LogP contribution in [-0.4, -0.2) is 142 Å². The van der Waals surface area contributed by atoms with Crippen molar-refractivity contribution in [3.63, 3.8) is 0 Å². The van der Waals surface area contributed by atoms with E-state index in [2.05, 4.69) is 92.8 Å². The fraction of sp³-hybridized carbons (Fsp3) is 0.608. The number of aliphatic hydroxyl groups excluding tert-OH is 7. The molecule has 15 heteroatoms.